The highest BCUT2D eigenvalue weighted by Gasteiger charge is 2.20. The zero-order chi connectivity index (χ0) is 9.68. The summed E-state index contributed by atoms with van der Waals surface area (Å²) in [5, 5.41) is 3.55. The van der Waals surface area contributed by atoms with Crippen LogP contribution >= 0.6 is 0 Å². The largest absolute Gasteiger partial charge is 0.311 e. The van der Waals surface area contributed by atoms with Crippen molar-refractivity contribution in [1.29, 1.82) is 0 Å². The molecule has 0 aromatic heterocycles. The van der Waals surface area contributed by atoms with E-state index in [-0.39, 0.29) is 0 Å². The average molecular weight is 184 g/mol. The van der Waals surface area contributed by atoms with Crippen LogP contribution in [0.2, 0.25) is 0 Å². The van der Waals surface area contributed by atoms with Crippen LogP contribution in [0.3, 0.4) is 0 Å². The Hall–Kier alpha value is -0.0800. The molecule has 2 unspecified atom stereocenters. The summed E-state index contributed by atoms with van der Waals surface area (Å²) >= 11 is 0. The van der Waals surface area contributed by atoms with E-state index < -0.39 is 0 Å². The Morgan fingerprint density at radius 1 is 1.46 bits per heavy atom. The Morgan fingerprint density at radius 2 is 2.23 bits per heavy atom. The molecule has 1 saturated heterocycles. The van der Waals surface area contributed by atoms with Gasteiger partial charge in [-0.2, -0.15) is 0 Å². The quantitative estimate of drug-likeness (QED) is 0.717. The fourth-order valence-electron chi connectivity index (χ4n) is 2.13. The number of hydrogen-bond acceptors (Lipinski definition) is 2. The smallest absolute Gasteiger partial charge is 0.0193 e. The molecule has 0 spiro atoms. The third-order valence-electron chi connectivity index (χ3n) is 3.11. The molecule has 1 fully saturated rings. The van der Waals surface area contributed by atoms with Gasteiger partial charge in [-0.05, 0) is 19.8 Å². The lowest BCUT2D eigenvalue weighted by atomic mass is 10.1. The van der Waals surface area contributed by atoms with Crippen molar-refractivity contribution in [2.75, 3.05) is 19.6 Å². The van der Waals surface area contributed by atoms with Crippen LogP contribution in [0.5, 0.6) is 0 Å². The molecule has 1 heterocycles. The standard InChI is InChI=1S/C11H24N2/c1-4-6-10(3)13-8-7-12-11(5-2)9-13/h10-12H,4-9H2,1-3H3. The Labute approximate surface area is 82.7 Å². The lowest BCUT2D eigenvalue weighted by molar-refractivity contribution is 0.144. The Bertz CT molecular complexity index is 136. The van der Waals surface area contributed by atoms with Crippen LogP contribution in [0, 0.1) is 0 Å². The predicted octanol–water partition coefficient (Wildman–Crippen LogP) is 1.86. The molecule has 2 heteroatoms. The van der Waals surface area contributed by atoms with Gasteiger partial charge in [0.25, 0.3) is 0 Å². The number of hydrogen-bond donors (Lipinski definition) is 1. The summed E-state index contributed by atoms with van der Waals surface area (Å²) in [6.07, 6.45) is 3.91. The van der Waals surface area contributed by atoms with Gasteiger partial charge in [0.15, 0.2) is 0 Å². The minimum absolute atomic E-state index is 0.730. The minimum atomic E-state index is 0.730. The topological polar surface area (TPSA) is 15.3 Å². The molecule has 1 aliphatic rings. The van der Waals surface area contributed by atoms with Gasteiger partial charge in [-0.1, -0.05) is 20.3 Å². The number of nitrogens with one attached hydrogen (secondary N) is 1. The van der Waals surface area contributed by atoms with E-state index in [1.54, 1.807) is 0 Å². The fraction of sp³-hybridized carbons (Fsp3) is 1.00. The normalized spacial score (nSPS) is 27.5. The van der Waals surface area contributed by atoms with Crippen molar-refractivity contribution >= 4 is 0 Å². The zero-order valence-electron chi connectivity index (χ0n) is 9.34. The fourth-order valence-corrected chi connectivity index (χ4v) is 2.13. The summed E-state index contributed by atoms with van der Waals surface area (Å²) in [6.45, 7) is 10.6. The molecule has 1 aliphatic heterocycles. The van der Waals surface area contributed by atoms with Gasteiger partial charge in [-0.25, -0.2) is 0 Å². The van der Waals surface area contributed by atoms with Crippen molar-refractivity contribution < 1.29 is 0 Å². The maximum atomic E-state index is 3.55. The molecule has 0 aliphatic carbocycles. The predicted molar refractivity (Wildman–Crippen MR) is 58.0 cm³/mol. The van der Waals surface area contributed by atoms with Crippen molar-refractivity contribution in [3.8, 4) is 0 Å². The van der Waals surface area contributed by atoms with E-state index in [1.807, 2.05) is 0 Å². The van der Waals surface area contributed by atoms with Crippen molar-refractivity contribution in [3.05, 3.63) is 0 Å². The minimum Gasteiger partial charge on any atom is -0.311 e. The van der Waals surface area contributed by atoms with Crippen LogP contribution in [-0.2, 0) is 0 Å². The van der Waals surface area contributed by atoms with Gasteiger partial charge in [0.2, 0.25) is 0 Å². The average Bonchev–Trinajstić information content (AvgIpc) is 2.18. The summed E-state index contributed by atoms with van der Waals surface area (Å²) < 4.78 is 0. The highest BCUT2D eigenvalue weighted by atomic mass is 15.2. The Morgan fingerprint density at radius 3 is 2.85 bits per heavy atom. The van der Waals surface area contributed by atoms with Gasteiger partial charge in [0.1, 0.15) is 0 Å². The van der Waals surface area contributed by atoms with Gasteiger partial charge >= 0.3 is 0 Å². The number of rotatable bonds is 4. The van der Waals surface area contributed by atoms with Crippen LogP contribution < -0.4 is 5.32 Å². The lowest BCUT2D eigenvalue weighted by Gasteiger charge is -2.37. The zero-order valence-corrected chi connectivity index (χ0v) is 9.34. The number of nitrogens with zero attached hydrogens (tertiary/aromatic N) is 1. The lowest BCUT2D eigenvalue weighted by Crippen LogP contribution is -2.53. The van der Waals surface area contributed by atoms with Gasteiger partial charge in [0, 0.05) is 31.7 Å². The van der Waals surface area contributed by atoms with Crippen LogP contribution in [-0.4, -0.2) is 36.6 Å². The van der Waals surface area contributed by atoms with E-state index >= 15 is 0 Å². The first-order valence-electron chi connectivity index (χ1n) is 5.75. The van der Waals surface area contributed by atoms with Crippen molar-refractivity contribution in [3.63, 3.8) is 0 Å². The molecule has 0 saturated carbocycles. The second-order valence-electron chi connectivity index (χ2n) is 4.19. The van der Waals surface area contributed by atoms with E-state index in [0.29, 0.717) is 0 Å². The maximum Gasteiger partial charge on any atom is 0.0193 e. The van der Waals surface area contributed by atoms with Gasteiger partial charge < -0.3 is 5.32 Å². The van der Waals surface area contributed by atoms with E-state index in [4.69, 9.17) is 0 Å². The second kappa shape index (κ2) is 5.61. The van der Waals surface area contributed by atoms with Crippen molar-refractivity contribution in [1.82, 2.24) is 10.2 Å². The summed E-state index contributed by atoms with van der Waals surface area (Å²) in [5.41, 5.74) is 0. The maximum absolute atomic E-state index is 3.55. The monoisotopic (exact) mass is 184 g/mol. The molecule has 2 atom stereocenters. The highest BCUT2D eigenvalue weighted by Crippen LogP contribution is 2.10. The van der Waals surface area contributed by atoms with Gasteiger partial charge in [-0.3, -0.25) is 4.90 Å². The first-order valence-corrected chi connectivity index (χ1v) is 5.75. The van der Waals surface area contributed by atoms with Crippen LogP contribution in [0.4, 0.5) is 0 Å². The molecule has 0 radical (unpaired) electrons. The van der Waals surface area contributed by atoms with Gasteiger partial charge in [-0.15, -0.1) is 0 Å². The summed E-state index contributed by atoms with van der Waals surface area (Å²) in [7, 11) is 0. The summed E-state index contributed by atoms with van der Waals surface area (Å²) in [4.78, 5) is 2.63. The van der Waals surface area contributed by atoms with E-state index in [1.165, 1.54) is 38.9 Å². The van der Waals surface area contributed by atoms with Crippen LogP contribution in [0.1, 0.15) is 40.0 Å². The second-order valence-corrected chi connectivity index (χ2v) is 4.19. The molecule has 0 amide bonds. The first-order chi connectivity index (χ1) is 6.27. The molecule has 13 heavy (non-hydrogen) atoms. The Balaban J connectivity index is 2.32. The number of piperazine rings is 1. The molecular formula is C11H24N2. The summed E-state index contributed by atoms with van der Waals surface area (Å²) in [5.74, 6) is 0. The van der Waals surface area contributed by atoms with Gasteiger partial charge in [0.05, 0.1) is 0 Å². The molecule has 0 aromatic carbocycles. The molecule has 0 bridgehead atoms. The highest BCUT2D eigenvalue weighted by molar-refractivity contribution is 4.80. The molecule has 1 N–H and O–H groups in total. The molecule has 2 nitrogen and oxygen atoms in total. The van der Waals surface area contributed by atoms with E-state index in [0.717, 1.165) is 12.1 Å². The first kappa shape index (κ1) is 11.0. The van der Waals surface area contributed by atoms with Crippen molar-refractivity contribution in [2.24, 2.45) is 0 Å². The molecule has 78 valence electrons. The Kier molecular flexibility index (Phi) is 4.74. The molecule has 0 aromatic rings. The third kappa shape index (κ3) is 3.28. The molecule has 1 rings (SSSR count). The molecular weight excluding hydrogens is 160 g/mol. The van der Waals surface area contributed by atoms with E-state index in [9.17, 15) is 0 Å². The van der Waals surface area contributed by atoms with E-state index in [2.05, 4.69) is 31.0 Å². The van der Waals surface area contributed by atoms with Crippen molar-refractivity contribution in [2.45, 2.75) is 52.1 Å². The van der Waals surface area contributed by atoms with Crippen LogP contribution in [0.15, 0.2) is 0 Å². The van der Waals surface area contributed by atoms with Crippen LogP contribution in [0.25, 0.3) is 0 Å². The SMILES string of the molecule is CCCC(C)N1CCNC(CC)C1. The summed E-state index contributed by atoms with van der Waals surface area (Å²) in [6, 6.07) is 1.51. The third-order valence-corrected chi connectivity index (χ3v) is 3.11.